The second kappa shape index (κ2) is 12.9. The molecule has 0 aliphatic rings. The normalized spacial score (nSPS) is 11.6. The van der Waals surface area contributed by atoms with Crippen LogP contribution >= 0.6 is 0 Å². The molecule has 7 heteroatoms. The summed E-state index contributed by atoms with van der Waals surface area (Å²) in [6.07, 6.45) is 6.56. The smallest absolute Gasteiger partial charge is 0.191 e. The van der Waals surface area contributed by atoms with Crippen LogP contribution in [0.1, 0.15) is 44.2 Å². The average molecular weight is 373 g/mol. The highest BCUT2D eigenvalue weighted by Gasteiger charge is 2.00. The number of aromatic nitrogens is 3. The highest BCUT2D eigenvalue weighted by Crippen LogP contribution is 2.08. The van der Waals surface area contributed by atoms with E-state index in [1.54, 1.807) is 12.7 Å². The van der Waals surface area contributed by atoms with Crippen molar-refractivity contribution in [3.63, 3.8) is 0 Å². The minimum atomic E-state index is 0.632. The van der Waals surface area contributed by atoms with Crippen LogP contribution in [0.2, 0.25) is 0 Å². The Morgan fingerprint density at radius 2 is 2.00 bits per heavy atom. The number of hydrogen-bond donors (Lipinski definition) is 2. The van der Waals surface area contributed by atoms with Crippen molar-refractivity contribution in [1.82, 2.24) is 25.4 Å². The summed E-state index contributed by atoms with van der Waals surface area (Å²) in [5.41, 5.74) is 2.36. The molecule has 0 atom stereocenters. The molecule has 1 aromatic carbocycles. The lowest BCUT2D eigenvalue weighted by Gasteiger charge is -2.11. The Labute approximate surface area is 162 Å². The first-order valence-corrected chi connectivity index (χ1v) is 9.82. The van der Waals surface area contributed by atoms with Crippen molar-refractivity contribution in [1.29, 1.82) is 0 Å². The van der Waals surface area contributed by atoms with E-state index < -0.39 is 0 Å². The molecule has 0 bridgehead atoms. The number of benzene rings is 1. The van der Waals surface area contributed by atoms with Crippen LogP contribution in [0.4, 0.5) is 0 Å². The van der Waals surface area contributed by atoms with Gasteiger partial charge in [-0.25, -0.2) is 14.7 Å². The van der Waals surface area contributed by atoms with E-state index in [9.17, 15) is 0 Å². The molecule has 0 aliphatic heterocycles. The summed E-state index contributed by atoms with van der Waals surface area (Å²) < 4.78 is 7.41. The lowest BCUT2D eigenvalue weighted by molar-refractivity contribution is 0.129. The first-order chi connectivity index (χ1) is 13.3. The maximum Gasteiger partial charge on any atom is 0.191 e. The van der Waals surface area contributed by atoms with Crippen LogP contribution in [0.15, 0.2) is 41.9 Å². The van der Waals surface area contributed by atoms with Gasteiger partial charge in [0.15, 0.2) is 5.96 Å². The van der Waals surface area contributed by atoms with Crippen molar-refractivity contribution in [3.8, 4) is 0 Å². The average Bonchev–Trinajstić information content (AvgIpc) is 3.18. The minimum Gasteiger partial charge on any atom is -0.381 e. The van der Waals surface area contributed by atoms with Crippen LogP contribution in [0.25, 0.3) is 0 Å². The zero-order valence-electron chi connectivity index (χ0n) is 16.5. The minimum absolute atomic E-state index is 0.632. The van der Waals surface area contributed by atoms with Gasteiger partial charge in [-0.3, -0.25) is 0 Å². The summed E-state index contributed by atoms with van der Waals surface area (Å²) in [6.45, 7) is 8.93. The Bertz CT molecular complexity index is 656. The van der Waals surface area contributed by atoms with Crippen LogP contribution in [0, 0.1) is 0 Å². The monoisotopic (exact) mass is 372 g/mol. The highest BCUT2D eigenvalue weighted by atomic mass is 16.5. The summed E-state index contributed by atoms with van der Waals surface area (Å²) in [6, 6.07) is 8.41. The fraction of sp³-hybridized carbons (Fsp3) is 0.550. The molecule has 2 N–H and O–H groups in total. The first-order valence-electron chi connectivity index (χ1n) is 9.82. The molecule has 2 rings (SSSR count). The Kier molecular flexibility index (Phi) is 9.96. The van der Waals surface area contributed by atoms with Gasteiger partial charge in [0.05, 0.1) is 13.1 Å². The number of ether oxygens (including phenoxy) is 1. The molecular formula is C20H32N6O. The van der Waals surface area contributed by atoms with E-state index in [4.69, 9.17) is 4.74 Å². The number of nitrogens with zero attached hydrogens (tertiary/aromatic N) is 4. The third-order valence-electron chi connectivity index (χ3n) is 3.97. The van der Waals surface area contributed by atoms with Crippen LogP contribution < -0.4 is 10.6 Å². The molecule has 7 nitrogen and oxygen atoms in total. The van der Waals surface area contributed by atoms with E-state index in [-0.39, 0.29) is 0 Å². The molecule has 0 amide bonds. The van der Waals surface area contributed by atoms with Crippen molar-refractivity contribution in [2.75, 3.05) is 26.3 Å². The second-order valence-electron chi connectivity index (χ2n) is 6.35. The topological polar surface area (TPSA) is 76.4 Å². The number of nitrogens with one attached hydrogen (secondary N) is 2. The quantitative estimate of drug-likeness (QED) is 0.340. The van der Waals surface area contributed by atoms with Gasteiger partial charge in [0.2, 0.25) is 0 Å². The molecular weight excluding hydrogens is 340 g/mol. The Morgan fingerprint density at radius 1 is 1.15 bits per heavy atom. The third-order valence-corrected chi connectivity index (χ3v) is 3.97. The molecule has 0 spiro atoms. The fourth-order valence-electron chi connectivity index (χ4n) is 2.57. The predicted octanol–water partition coefficient (Wildman–Crippen LogP) is 2.59. The molecule has 0 saturated carbocycles. The fourth-order valence-corrected chi connectivity index (χ4v) is 2.57. The second-order valence-corrected chi connectivity index (χ2v) is 6.35. The summed E-state index contributed by atoms with van der Waals surface area (Å²) in [7, 11) is 0. The number of guanidine groups is 1. The summed E-state index contributed by atoms with van der Waals surface area (Å²) in [5, 5.41) is 10.8. The standard InChI is InChI=1S/C20H32N6O/c1-3-5-11-27-12-7-10-23-20(22-4-2)24-14-18-8-6-9-19(13-18)15-26-17-21-16-25-26/h6,8-9,13,16-17H,3-5,7,10-12,14-15H2,1-2H3,(H2,22,23,24). The van der Waals surface area contributed by atoms with E-state index >= 15 is 0 Å². The van der Waals surface area contributed by atoms with Gasteiger partial charge in [0, 0.05) is 26.3 Å². The first kappa shape index (κ1) is 20.9. The summed E-state index contributed by atoms with van der Waals surface area (Å²) >= 11 is 0. The molecule has 0 radical (unpaired) electrons. The van der Waals surface area contributed by atoms with Gasteiger partial charge < -0.3 is 15.4 Å². The van der Waals surface area contributed by atoms with Gasteiger partial charge in [0.1, 0.15) is 12.7 Å². The van der Waals surface area contributed by atoms with Crippen LogP contribution in [0.5, 0.6) is 0 Å². The predicted molar refractivity (Wildman–Crippen MR) is 109 cm³/mol. The molecule has 0 unspecified atom stereocenters. The molecule has 0 saturated heterocycles. The van der Waals surface area contributed by atoms with Crippen molar-refractivity contribution in [2.45, 2.75) is 46.2 Å². The van der Waals surface area contributed by atoms with Gasteiger partial charge in [-0.05, 0) is 30.9 Å². The molecule has 148 valence electrons. The van der Waals surface area contributed by atoms with Gasteiger partial charge in [0.25, 0.3) is 0 Å². The zero-order valence-corrected chi connectivity index (χ0v) is 16.5. The largest absolute Gasteiger partial charge is 0.381 e. The van der Waals surface area contributed by atoms with Crippen molar-refractivity contribution in [3.05, 3.63) is 48.0 Å². The van der Waals surface area contributed by atoms with Crippen molar-refractivity contribution < 1.29 is 4.74 Å². The molecule has 0 aliphatic carbocycles. The van der Waals surface area contributed by atoms with Gasteiger partial charge >= 0.3 is 0 Å². The van der Waals surface area contributed by atoms with Crippen LogP contribution in [-0.2, 0) is 17.8 Å². The maximum absolute atomic E-state index is 5.59. The number of rotatable bonds is 12. The molecule has 1 heterocycles. The lowest BCUT2D eigenvalue weighted by atomic mass is 10.1. The lowest BCUT2D eigenvalue weighted by Crippen LogP contribution is -2.38. The van der Waals surface area contributed by atoms with E-state index in [2.05, 4.69) is 63.8 Å². The SMILES string of the molecule is CCCCOCCCNC(=NCc1cccc(Cn2cncn2)c1)NCC. The Balaban J connectivity index is 1.79. The summed E-state index contributed by atoms with van der Waals surface area (Å²) in [5.74, 6) is 0.840. The molecule has 0 fully saturated rings. The van der Waals surface area contributed by atoms with Gasteiger partial charge in [-0.15, -0.1) is 0 Å². The van der Waals surface area contributed by atoms with Gasteiger partial charge in [-0.1, -0.05) is 37.6 Å². The van der Waals surface area contributed by atoms with E-state index in [1.807, 2.05) is 4.68 Å². The van der Waals surface area contributed by atoms with E-state index in [1.165, 1.54) is 17.5 Å². The van der Waals surface area contributed by atoms with E-state index in [0.717, 1.165) is 45.1 Å². The summed E-state index contributed by atoms with van der Waals surface area (Å²) in [4.78, 5) is 8.67. The van der Waals surface area contributed by atoms with Crippen LogP contribution in [-0.4, -0.2) is 47.0 Å². The number of aliphatic imine (C=N–C) groups is 1. The maximum atomic E-state index is 5.59. The molecule has 2 aromatic rings. The van der Waals surface area contributed by atoms with Crippen molar-refractivity contribution >= 4 is 5.96 Å². The number of unbranched alkanes of at least 4 members (excludes halogenated alkanes) is 1. The van der Waals surface area contributed by atoms with Crippen molar-refractivity contribution in [2.24, 2.45) is 4.99 Å². The number of hydrogen-bond acceptors (Lipinski definition) is 4. The van der Waals surface area contributed by atoms with E-state index in [0.29, 0.717) is 13.1 Å². The highest BCUT2D eigenvalue weighted by molar-refractivity contribution is 5.79. The zero-order chi connectivity index (χ0) is 19.2. The third kappa shape index (κ3) is 8.68. The van der Waals surface area contributed by atoms with Crippen LogP contribution in [0.3, 0.4) is 0 Å². The van der Waals surface area contributed by atoms with Gasteiger partial charge in [-0.2, -0.15) is 5.10 Å². The Hall–Kier alpha value is -2.41. The molecule has 1 aromatic heterocycles. The molecule has 27 heavy (non-hydrogen) atoms. The Morgan fingerprint density at radius 3 is 2.78 bits per heavy atom.